The number of sulfonamides is 1. The lowest BCUT2D eigenvalue weighted by Crippen LogP contribution is -2.19. The Morgan fingerprint density at radius 2 is 1.18 bits per heavy atom. The molecule has 2 aromatic rings. The summed E-state index contributed by atoms with van der Waals surface area (Å²) in [5.41, 5.74) is 2.91. The maximum absolute atomic E-state index is 13.4. The van der Waals surface area contributed by atoms with E-state index in [1.165, 1.54) is 12.1 Å². The third-order valence-corrected chi connectivity index (χ3v) is 7.13. The Bertz CT molecular complexity index is 954. The zero-order valence-electron chi connectivity index (χ0n) is 16.9. The molecule has 0 spiro atoms. The molecule has 1 N–H and O–H groups in total. The topological polar surface area (TPSA) is 46.2 Å². The fourth-order valence-electron chi connectivity index (χ4n) is 3.00. The van der Waals surface area contributed by atoms with Gasteiger partial charge in [-0.05, 0) is 46.6 Å². The molecule has 0 unspecified atom stereocenters. The molecule has 0 fully saturated rings. The van der Waals surface area contributed by atoms with Crippen molar-refractivity contribution < 1.29 is 8.42 Å². The van der Waals surface area contributed by atoms with Crippen molar-refractivity contribution in [1.29, 1.82) is 0 Å². The summed E-state index contributed by atoms with van der Waals surface area (Å²) < 4.78 is 29.5. The zero-order chi connectivity index (χ0) is 21.4. The number of hydrogen-bond acceptors (Lipinski definition) is 2. The molecule has 28 heavy (non-hydrogen) atoms. The van der Waals surface area contributed by atoms with Gasteiger partial charge >= 0.3 is 0 Å². The molecule has 3 nitrogen and oxygen atoms in total. The van der Waals surface area contributed by atoms with Gasteiger partial charge in [0.2, 0.25) is 0 Å². The minimum atomic E-state index is -3.90. The summed E-state index contributed by atoms with van der Waals surface area (Å²) in [6.07, 6.45) is 0. The maximum Gasteiger partial charge on any atom is 0.262 e. The van der Waals surface area contributed by atoms with Gasteiger partial charge in [0.25, 0.3) is 10.0 Å². The predicted octanol–water partition coefficient (Wildman–Crippen LogP) is 7.82. The fraction of sp³-hybridized carbons (Fsp3) is 0.429. The molecule has 0 bridgehead atoms. The van der Waals surface area contributed by atoms with E-state index in [4.69, 9.17) is 34.8 Å². The molecule has 0 saturated carbocycles. The van der Waals surface area contributed by atoms with Gasteiger partial charge < -0.3 is 0 Å². The summed E-state index contributed by atoms with van der Waals surface area (Å²) in [6.45, 7) is 12.2. The Morgan fingerprint density at radius 3 is 1.61 bits per heavy atom. The Balaban J connectivity index is 2.72. The summed E-state index contributed by atoms with van der Waals surface area (Å²) in [7, 11) is -3.90. The van der Waals surface area contributed by atoms with Crippen LogP contribution in [0.15, 0.2) is 29.2 Å². The van der Waals surface area contributed by atoms with Crippen molar-refractivity contribution in [3.05, 3.63) is 56.0 Å². The molecule has 0 aliphatic heterocycles. The Hall–Kier alpha value is -0.940. The van der Waals surface area contributed by atoms with Crippen molar-refractivity contribution in [2.24, 2.45) is 0 Å². The minimum Gasteiger partial charge on any atom is -0.278 e. The van der Waals surface area contributed by atoms with E-state index in [1.807, 2.05) is 39.8 Å². The lowest BCUT2D eigenvalue weighted by atomic mass is 9.89. The van der Waals surface area contributed by atoms with E-state index < -0.39 is 10.0 Å². The molecule has 0 atom stereocenters. The summed E-state index contributed by atoms with van der Waals surface area (Å²) >= 11 is 18.2. The molecule has 0 heterocycles. The highest BCUT2D eigenvalue weighted by atomic mass is 35.5. The molecule has 0 saturated heterocycles. The van der Waals surface area contributed by atoms with E-state index in [9.17, 15) is 8.42 Å². The summed E-state index contributed by atoms with van der Waals surface area (Å²) in [6, 6.07) is 6.84. The van der Waals surface area contributed by atoms with E-state index in [0.29, 0.717) is 10.8 Å². The van der Waals surface area contributed by atoms with Crippen molar-refractivity contribution in [2.45, 2.75) is 64.2 Å². The number of anilines is 1. The summed E-state index contributed by atoms with van der Waals surface area (Å²) in [5.74, 6) is 0.364. The molecule has 0 amide bonds. The third-order valence-electron chi connectivity index (χ3n) is 4.60. The first-order valence-electron chi connectivity index (χ1n) is 9.20. The Kier molecular flexibility index (Phi) is 7.36. The monoisotopic (exact) mass is 461 g/mol. The van der Waals surface area contributed by atoms with Gasteiger partial charge in [0.1, 0.15) is 0 Å². The van der Waals surface area contributed by atoms with Gasteiger partial charge in [-0.15, -0.1) is 0 Å². The molecule has 2 rings (SSSR count). The van der Waals surface area contributed by atoms with Crippen LogP contribution in [0.2, 0.25) is 15.1 Å². The molecule has 0 radical (unpaired) electrons. The zero-order valence-corrected chi connectivity index (χ0v) is 20.0. The first kappa shape index (κ1) is 23.3. The maximum atomic E-state index is 13.4. The first-order valence-corrected chi connectivity index (χ1v) is 11.8. The van der Waals surface area contributed by atoms with Crippen LogP contribution < -0.4 is 4.72 Å². The van der Waals surface area contributed by atoms with Crippen molar-refractivity contribution in [1.82, 2.24) is 0 Å². The van der Waals surface area contributed by atoms with Crippen molar-refractivity contribution >= 4 is 50.5 Å². The van der Waals surface area contributed by atoms with Gasteiger partial charge in [-0.1, -0.05) is 88.5 Å². The molecular weight excluding hydrogens is 437 g/mol. The Morgan fingerprint density at radius 1 is 0.714 bits per heavy atom. The first-order chi connectivity index (χ1) is 12.8. The van der Waals surface area contributed by atoms with Gasteiger partial charge in [0.05, 0.1) is 25.7 Å². The lowest BCUT2D eigenvalue weighted by molar-refractivity contribution is 0.595. The van der Waals surface area contributed by atoms with Crippen LogP contribution in [0.1, 0.15) is 76.0 Å². The van der Waals surface area contributed by atoms with E-state index in [-0.39, 0.29) is 32.6 Å². The largest absolute Gasteiger partial charge is 0.278 e. The van der Waals surface area contributed by atoms with Crippen LogP contribution in [0.3, 0.4) is 0 Å². The summed E-state index contributed by atoms with van der Waals surface area (Å²) in [5, 5.41) is 0.683. The lowest BCUT2D eigenvalue weighted by Gasteiger charge is -2.23. The second kappa shape index (κ2) is 8.83. The van der Waals surface area contributed by atoms with Gasteiger partial charge in [-0.3, -0.25) is 4.72 Å². The SMILES string of the molecule is CC(C)c1cc(C(C)C)c(S(=O)(=O)Nc2cc(Cl)c(Cl)cc2Cl)c(C(C)C)c1. The highest BCUT2D eigenvalue weighted by Gasteiger charge is 2.27. The Labute approximate surface area is 183 Å². The van der Waals surface area contributed by atoms with Crippen LogP contribution >= 0.6 is 34.8 Å². The van der Waals surface area contributed by atoms with Crippen LogP contribution in [-0.2, 0) is 10.0 Å². The average molecular weight is 463 g/mol. The number of halogens is 3. The fourth-order valence-corrected chi connectivity index (χ4v) is 5.42. The third kappa shape index (κ3) is 4.96. The van der Waals surface area contributed by atoms with E-state index >= 15 is 0 Å². The van der Waals surface area contributed by atoms with Crippen LogP contribution in [0.5, 0.6) is 0 Å². The quantitative estimate of drug-likeness (QED) is 0.445. The molecule has 2 aromatic carbocycles. The molecule has 0 aromatic heterocycles. The summed E-state index contributed by atoms with van der Waals surface area (Å²) in [4.78, 5) is 0.309. The number of rotatable bonds is 6. The molecule has 0 aliphatic carbocycles. The smallest absolute Gasteiger partial charge is 0.262 e. The van der Waals surface area contributed by atoms with E-state index in [1.54, 1.807) is 0 Å². The van der Waals surface area contributed by atoms with Crippen LogP contribution in [-0.4, -0.2) is 8.42 Å². The average Bonchev–Trinajstić information content (AvgIpc) is 2.58. The van der Waals surface area contributed by atoms with Crippen molar-refractivity contribution in [2.75, 3.05) is 4.72 Å². The van der Waals surface area contributed by atoms with Crippen LogP contribution in [0, 0.1) is 0 Å². The highest BCUT2D eigenvalue weighted by Crippen LogP contribution is 2.38. The van der Waals surface area contributed by atoms with Gasteiger partial charge in [0.15, 0.2) is 0 Å². The number of hydrogen-bond donors (Lipinski definition) is 1. The van der Waals surface area contributed by atoms with Crippen molar-refractivity contribution in [3.8, 4) is 0 Å². The van der Waals surface area contributed by atoms with Gasteiger partial charge in [-0.2, -0.15) is 0 Å². The van der Waals surface area contributed by atoms with Crippen LogP contribution in [0.25, 0.3) is 0 Å². The molecule has 7 heteroatoms. The van der Waals surface area contributed by atoms with Gasteiger partial charge in [-0.25, -0.2) is 8.42 Å². The highest BCUT2D eigenvalue weighted by molar-refractivity contribution is 7.92. The molecule has 154 valence electrons. The molecule has 0 aliphatic rings. The molecular formula is C21H26Cl3NO2S. The van der Waals surface area contributed by atoms with Crippen molar-refractivity contribution in [3.63, 3.8) is 0 Å². The second-order valence-electron chi connectivity index (χ2n) is 7.84. The normalized spacial score (nSPS) is 12.3. The second-order valence-corrected chi connectivity index (χ2v) is 10.7. The van der Waals surface area contributed by atoms with Gasteiger partial charge in [0, 0.05) is 0 Å². The predicted molar refractivity (Wildman–Crippen MR) is 121 cm³/mol. The number of nitrogens with one attached hydrogen (secondary N) is 1. The number of benzene rings is 2. The standard InChI is InChI=1S/C21H26Cl3NO2S/c1-11(2)14-7-15(12(3)4)21(16(8-14)13(5)6)28(26,27)25-20-10-18(23)17(22)9-19(20)24/h7-13,25H,1-6H3. The van der Waals surface area contributed by atoms with Crippen LogP contribution in [0.4, 0.5) is 5.69 Å². The van der Waals surface area contributed by atoms with E-state index in [0.717, 1.165) is 16.7 Å². The van der Waals surface area contributed by atoms with E-state index in [2.05, 4.69) is 18.6 Å². The minimum absolute atomic E-state index is 0.0343.